The van der Waals surface area contributed by atoms with E-state index in [1.165, 1.54) is 12.1 Å². The summed E-state index contributed by atoms with van der Waals surface area (Å²) in [6, 6.07) is 9.87. The first-order valence-corrected chi connectivity index (χ1v) is 7.19. The van der Waals surface area contributed by atoms with Gasteiger partial charge in [-0.15, -0.1) is 0 Å². The zero-order valence-corrected chi connectivity index (χ0v) is 13.2. The second-order valence-corrected chi connectivity index (χ2v) is 5.74. The van der Waals surface area contributed by atoms with Crippen molar-refractivity contribution < 1.29 is 4.39 Å². The molecule has 0 heterocycles. The molecule has 0 radical (unpaired) electrons. The number of halogens is 4. The molecule has 100 valence electrons. The summed E-state index contributed by atoms with van der Waals surface area (Å²) in [5.41, 5.74) is 1.69. The van der Waals surface area contributed by atoms with Gasteiger partial charge in [0.1, 0.15) is 5.82 Å². The second-order valence-electron chi connectivity index (χ2n) is 4.13. The Balaban J connectivity index is 2.25. The maximum Gasteiger partial charge on any atom is 0.124 e. The van der Waals surface area contributed by atoms with Crippen LogP contribution in [0, 0.1) is 5.82 Å². The van der Waals surface area contributed by atoms with Gasteiger partial charge in [-0.25, -0.2) is 4.39 Å². The van der Waals surface area contributed by atoms with Crippen molar-refractivity contribution in [1.29, 1.82) is 0 Å². The summed E-state index contributed by atoms with van der Waals surface area (Å²) in [5, 5.41) is 4.32. The van der Waals surface area contributed by atoms with E-state index in [-0.39, 0.29) is 11.9 Å². The van der Waals surface area contributed by atoms with Crippen LogP contribution >= 0.6 is 39.1 Å². The number of rotatable bonds is 3. The molecular formula is C14H11BrCl2FN. The molecule has 0 aliphatic carbocycles. The molecule has 1 unspecified atom stereocenters. The van der Waals surface area contributed by atoms with Crippen LogP contribution in [0.25, 0.3) is 0 Å². The van der Waals surface area contributed by atoms with Crippen LogP contribution in [-0.4, -0.2) is 0 Å². The third kappa shape index (κ3) is 3.41. The van der Waals surface area contributed by atoms with Gasteiger partial charge >= 0.3 is 0 Å². The van der Waals surface area contributed by atoms with E-state index >= 15 is 0 Å². The number of anilines is 1. The molecule has 0 saturated carbocycles. The van der Waals surface area contributed by atoms with Crippen LogP contribution in [0.4, 0.5) is 10.1 Å². The Morgan fingerprint density at radius 1 is 1.16 bits per heavy atom. The van der Waals surface area contributed by atoms with Crippen molar-refractivity contribution in [3.63, 3.8) is 0 Å². The molecule has 2 aromatic rings. The molecule has 0 amide bonds. The third-order valence-corrected chi connectivity index (χ3v) is 4.48. The smallest absolute Gasteiger partial charge is 0.124 e. The highest BCUT2D eigenvalue weighted by Gasteiger charge is 2.12. The van der Waals surface area contributed by atoms with Gasteiger partial charge in [-0.2, -0.15) is 0 Å². The van der Waals surface area contributed by atoms with Crippen molar-refractivity contribution in [3.05, 3.63) is 62.3 Å². The average molecular weight is 363 g/mol. The Hall–Kier alpha value is -0.770. The fraction of sp³-hybridized carbons (Fsp3) is 0.143. The normalized spacial score (nSPS) is 12.3. The van der Waals surface area contributed by atoms with Gasteiger partial charge in [0.05, 0.1) is 21.2 Å². The Morgan fingerprint density at radius 2 is 1.89 bits per heavy atom. The zero-order chi connectivity index (χ0) is 14.0. The maximum atomic E-state index is 13.0. The summed E-state index contributed by atoms with van der Waals surface area (Å²) in [7, 11) is 0. The van der Waals surface area contributed by atoms with Crippen molar-refractivity contribution in [2.75, 3.05) is 5.32 Å². The lowest BCUT2D eigenvalue weighted by molar-refractivity contribution is 0.626. The SMILES string of the molecule is CC(Nc1cccc(Cl)c1Br)c1ccc(F)cc1Cl. The van der Waals surface area contributed by atoms with Crippen LogP contribution in [0.2, 0.25) is 10.0 Å². The lowest BCUT2D eigenvalue weighted by atomic mass is 10.1. The fourth-order valence-electron chi connectivity index (χ4n) is 1.78. The number of hydrogen-bond acceptors (Lipinski definition) is 1. The van der Waals surface area contributed by atoms with Gasteiger partial charge in [-0.05, 0) is 52.7 Å². The molecule has 0 saturated heterocycles. The molecule has 0 fully saturated rings. The van der Waals surface area contributed by atoms with E-state index in [1.54, 1.807) is 12.1 Å². The summed E-state index contributed by atoms with van der Waals surface area (Å²) in [5.74, 6) is -0.343. The Morgan fingerprint density at radius 3 is 2.58 bits per heavy atom. The first-order chi connectivity index (χ1) is 8.99. The summed E-state index contributed by atoms with van der Waals surface area (Å²) in [6.07, 6.45) is 0. The minimum Gasteiger partial charge on any atom is -0.378 e. The highest BCUT2D eigenvalue weighted by molar-refractivity contribution is 9.10. The number of nitrogens with one attached hydrogen (secondary N) is 1. The third-order valence-electron chi connectivity index (χ3n) is 2.75. The molecule has 0 bridgehead atoms. The molecular weight excluding hydrogens is 352 g/mol. The van der Waals surface area contributed by atoms with E-state index in [9.17, 15) is 4.39 Å². The van der Waals surface area contributed by atoms with Crippen LogP contribution in [0.15, 0.2) is 40.9 Å². The number of benzene rings is 2. The molecule has 0 aromatic heterocycles. The van der Waals surface area contributed by atoms with Crippen molar-refractivity contribution in [2.45, 2.75) is 13.0 Å². The first-order valence-electron chi connectivity index (χ1n) is 5.64. The molecule has 1 nitrogen and oxygen atoms in total. The van der Waals surface area contributed by atoms with Gasteiger partial charge in [0.15, 0.2) is 0 Å². The Labute approximate surface area is 129 Å². The summed E-state index contributed by atoms with van der Waals surface area (Å²) in [6.45, 7) is 1.95. The topological polar surface area (TPSA) is 12.0 Å². The first kappa shape index (κ1) is 14.6. The van der Waals surface area contributed by atoms with Gasteiger partial charge in [-0.1, -0.05) is 35.3 Å². The van der Waals surface area contributed by atoms with Crippen molar-refractivity contribution >= 4 is 44.8 Å². The lowest BCUT2D eigenvalue weighted by Crippen LogP contribution is -2.08. The Kier molecular flexibility index (Phi) is 4.71. The summed E-state index contributed by atoms with van der Waals surface area (Å²) >= 11 is 15.5. The predicted octanol–water partition coefficient (Wildman–Crippen LogP) is 6.07. The van der Waals surface area contributed by atoms with Gasteiger partial charge < -0.3 is 5.32 Å². The van der Waals surface area contributed by atoms with E-state index in [1.807, 2.05) is 19.1 Å². The van der Waals surface area contributed by atoms with E-state index in [2.05, 4.69) is 21.2 Å². The van der Waals surface area contributed by atoms with Gasteiger partial charge in [-0.3, -0.25) is 0 Å². The molecule has 0 spiro atoms. The average Bonchev–Trinajstić information content (AvgIpc) is 2.34. The van der Waals surface area contributed by atoms with E-state index < -0.39 is 0 Å². The second kappa shape index (κ2) is 6.12. The van der Waals surface area contributed by atoms with Crippen LogP contribution in [0.5, 0.6) is 0 Å². The van der Waals surface area contributed by atoms with Crippen LogP contribution < -0.4 is 5.32 Å². The molecule has 0 aliphatic heterocycles. The van der Waals surface area contributed by atoms with Gasteiger partial charge in [0.25, 0.3) is 0 Å². The van der Waals surface area contributed by atoms with E-state index in [4.69, 9.17) is 23.2 Å². The monoisotopic (exact) mass is 361 g/mol. The minimum absolute atomic E-state index is 0.0668. The summed E-state index contributed by atoms with van der Waals surface area (Å²) in [4.78, 5) is 0. The molecule has 2 aromatic carbocycles. The minimum atomic E-state index is -0.343. The fourth-order valence-corrected chi connectivity index (χ4v) is 2.66. The maximum absolute atomic E-state index is 13.0. The van der Waals surface area contributed by atoms with Gasteiger partial charge in [0, 0.05) is 5.02 Å². The van der Waals surface area contributed by atoms with Crippen molar-refractivity contribution in [1.82, 2.24) is 0 Å². The quantitative estimate of drug-likeness (QED) is 0.698. The molecule has 1 atom stereocenters. The molecule has 1 N–H and O–H groups in total. The highest BCUT2D eigenvalue weighted by Crippen LogP contribution is 2.33. The molecule has 2 rings (SSSR count). The van der Waals surface area contributed by atoms with E-state index in [0.29, 0.717) is 10.0 Å². The molecule has 0 aliphatic rings. The summed E-state index contributed by atoms with van der Waals surface area (Å²) < 4.78 is 13.8. The highest BCUT2D eigenvalue weighted by atomic mass is 79.9. The van der Waals surface area contributed by atoms with Gasteiger partial charge in [0.2, 0.25) is 0 Å². The van der Waals surface area contributed by atoms with Crippen LogP contribution in [0.3, 0.4) is 0 Å². The molecule has 5 heteroatoms. The largest absolute Gasteiger partial charge is 0.378 e. The van der Waals surface area contributed by atoms with Crippen molar-refractivity contribution in [2.24, 2.45) is 0 Å². The lowest BCUT2D eigenvalue weighted by Gasteiger charge is -2.18. The Bertz CT molecular complexity index is 604. The predicted molar refractivity (Wildman–Crippen MR) is 82.6 cm³/mol. The molecule has 19 heavy (non-hydrogen) atoms. The van der Waals surface area contributed by atoms with E-state index in [0.717, 1.165) is 15.7 Å². The van der Waals surface area contributed by atoms with Crippen LogP contribution in [0.1, 0.15) is 18.5 Å². The zero-order valence-electron chi connectivity index (χ0n) is 10.1. The number of hydrogen-bond donors (Lipinski definition) is 1. The van der Waals surface area contributed by atoms with Crippen molar-refractivity contribution in [3.8, 4) is 0 Å². The standard InChI is InChI=1S/C14H11BrCl2FN/c1-8(10-6-5-9(18)7-12(10)17)19-13-4-2-3-11(16)14(13)15/h2-8,19H,1H3. The van der Waals surface area contributed by atoms with Crippen LogP contribution in [-0.2, 0) is 0 Å².